The number of rotatable bonds is 9. The molecule has 1 aromatic carbocycles. The van der Waals surface area contributed by atoms with Crippen molar-refractivity contribution in [3.63, 3.8) is 0 Å². The van der Waals surface area contributed by atoms with Crippen molar-refractivity contribution < 1.29 is 4.74 Å². The first kappa shape index (κ1) is 16.9. The molecular weight excluding hydrogens is 268 g/mol. The minimum absolute atomic E-state index is 0.420. The zero-order valence-electron chi connectivity index (χ0n) is 12.8. The van der Waals surface area contributed by atoms with Gasteiger partial charge in [0, 0.05) is 18.7 Å². The van der Waals surface area contributed by atoms with Crippen LogP contribution < -0.4 is 10.5 Å². The van der Waals surface area contributed by atoms with Crippen LogP contribution in [0, 0.1) is 5.92 Å². The van der Waals surface area contributed by atoms with Crippen LogP contribution in [-0.4, -0.2) is 36.1 Å². The van der Waals surface area contributed by atoms with E-state index in [9.17, 15) is 0 Å². The Kier molecular flexibility index (Phi) is 7.55. The molecule has 0 radical (unpaired) electrons. The molecule has 0 atom stereocenters. The Balaban J connectivity index is 2.28. The van der Waals surface area contributed by atoms with Crippen LogP contribution in [0.4, 0.5) is 0 Å². The fraction of sp³-hybridized carbons (Fsp3) is 0.562. The second-order valence-corrected chi connectivity index (χ2v) is 5.82. The first-order chi connectivity index (χ1) is 9.52. The summed E-state index contributed by atoms with van der Waals surface area (Å²) in [5.41, 5.74) is 6.44. The van der Waals surface area contributed by atoms with Crippen LogP contribution in [0.25, 0.3) is 0 Å². The highest BCUT2D eigenvalue weighted by molar-refractivity contribution is 7.80. The summed E-state index contributed by atoms with van der Waals surface area (Å²) in [7, 11) is 0. The maximum atomic E-state index is 5.73. The van der Waals surface area contributed by atoms with Gasteiger partial charge in [0.2, 0.25) is 0 Å². The van der Waals surface area contributed by atoms with Crippen molar-refractivity contribution >= 4 is 17.2 Å². The van der Waals surface area contributed by atoms with Crippen LogP contribution in [0.1, 0.15) is 32.8 Å². The van der Waals surface area contributed by atoms with Gasteiger partial charge in [-0.05, 0) is 43.1 Å². The SMILES string of the molecule is CCN(CCCOc1ccc(C(N)=S)cc1)CC(C)C. The summed E-state index contributed by atoms with van der Waals surface area (Å²) in [5, 5.41) is 0. The van der Waals surface area contributed by atoms with Crippen molar-refractivity contribution in [3.8, 4) is 5.75 Å². The molecule has 0 amide bonds. The Morgan fingerprint density at radius 1 is 1.30 bits per heavy atom. The van der Waals surface area contributed by atoms with E-state index in [1.54, 1.807) is 0 Å². The molecule has 0 bridgehead atoms. The van der Waals surface area contributed by atoms with Gasteiger partial charge in [-0.25, -0.2) is 0 Å². The molecule has 0 saturated heterocycles. The maximum absolute atomic E-state index is 5.73. The number of hydrogen-bond donors (Lipinski definition) is 1. The molecule has 4 heteroatoms. The lowest BCUT2D eigenvalue weighted by Gasteiger charge is -2.22. The predicted octanol–water partition coefficient (Wildman–Crippen LogP) is 3.07. The largest absolute Gasteiger partial charge is 0.494 e. The monoisotopic (exact) mass is 294 g/mol. The molecule has 0 fully saturated rings. The molecule has 0 aliphatic carbocycles. The second kappa shape index (κ2) is 8.93. The van der Waals surface area contributed by atoms with Crippen molar-refractivity contribution in [2.75, 3.05) is 26.2 Å². The third-order valence-corrected chi connectivity index (χ3v) is 3.33. The molecule has 3 nitrogen and oxygen atoms in total. The minimum Gasteiger partial charge on any atom is -0.494 e. The lowest BCUT2D eigenvalue weighted by Crippen LogP contribution is -2.29. The van der Waals surface area contributed by atoms with Gasteiger partial charge in [-0.15, -0.1) is 0 Å². The Morgan fingerprint density at radius 2 is 1.95 bits per heavy atom. The zero-order valence-corrected chi connectivity index (χ0v) is 13.6. The normalized spacial score (nSPS) is 11.1. The lowest BCUT2D eigenvalue weighted by molar-refractivity contribution is 0.224. The molecule has 0 aromatic heterocycles. The maximum Gasteiger partial charge on any atom is 0.119 e. The number of hydrogen-bond acceptors (Lipinski definition) is 3. The molecule has 1 rings (SSSR count). The average molecular weight is 294 g/mol. The lowest BCUT2D eigenvalue weighted by atomic mass is 10.2. The first-order valence-corrected chi connectivity index (χ1v) is 7.68. The number of nitrogens with two attached hydrogens (primary N) is 1. The highest BCUT2D eigenvalue weighted by Gasteiger charge is 2.04. The third-order valence-electron chi connectivity index (χ3n) is 3.10. The van der Waals surface area contributed by atoms with Crippen LogP contribution in [0.3, 0.4) is 0 Å². The number of ether oxygens (including phenoxy) is 1. The van der Waals surface area contributed by atoms with E-state index in [2.05, 4.69) is 25.7 Å². The van der Waals surface area contributed by atoms with E-state index < -0.39 is 0 Å². The fourth-order valence-electron chi connectivity index (χ4n) is 2.09. The molecule has 0 unspecified atom stereocenters. The quantitative estimate of drug-likeness (QED) is 0.561. The van der Waals surface area contributed by atoms with E-state index >= 15 is 0 Å². The molecule has 1 aromatic rings. The van der Waals surface area contributed by atoms with Crippen LogP contribution >= 0.6 is 12.2 Å². The van der Waals surface area contributed by atoms with Crippen molar-refractivity contribution in [3.05, 3.63) is 29.8 Å². The molecule has 0 aliphatic heterocycles. The first-order valence-electron chi connectivity index (χ1n) is 7.28. The van der Waals surface area contributed by atoms with Crippen LogP contribution in [0.2, 0.25) is 0 Å². The molecule has 0 spiro atoms. The molecule has 0 saturated carbocycles. The minimum atomic E-state index is 0.420. The number of benzene rings is 1. The van der Waals surface area contributed by atoms with Gasteiger partial charge in [-0.2, -0.15) is 0 Å². The van der Waals surface area contributed by atoms with Gasteiger partial charge in [0.25, 0.3) is 0 Å². The van der Waals surface area contributed by atoms with Crippen LogP contribution in [0.5, 0.6) is 5.75 Å². The van der Waals surface area contributed by atoms with Crippen LogP contribution in [-0.2, 0) is 0 Å². The molecular formula is C16H26N2OS. The highest BCUT2D eigenvalue weighted by Crippen LogP contribution is 2.12. The van der Waals surface area contributed by atoms with E-state index in [-0.39, 0.29) is 0 Å². The Morgan fingerprint density at radius 3 is 2.45 bits per heavy atom. The van der Waals surface area contributed by atoms with Crippen molar-refractivity contribution in [1.82, 2.24) is 4.90 Å². The predicted molar refractivity (Wildman–Crippen MR) is 89.4 cm³/mol. The Labute approximate surface area is 128 Å². The molecule has 0 aliphatic rings. The summed E-state index contributed by atoms with van der Waals surface area (Å²) in [6.07, 6.45) is 1.04. The summed E-state index contributed by atoms with van der Waals surface area (Å²) in [5.74, 6) is 1.58. The number of thiocarbonyl (C=S) groups is 1. The van der Waals surface area contributed by atoms with E-state index in [1.165, 1.54) is 0 Å². The molecule has 0 heterocycles. The molecule has 20 heavy (non-hydrogen) atoms. The number of nitrogens with zero attached hydrogens (tertiary/aromatic N) is 1. The molecule has 112 valence electrons. The van der Waals surface area contributed by atoms with Gasteiger partial charge >= 0.3 is 0 Å². The fourth-order valence-corrected chi connectivity index (χ4v) is 2.22. The smallest absolute Gasteiger partial charge is 0.119 e. The summed E-state index contributed by atoms with van der Waals surface area (Å²) in [4.78, 5) is 2.88. The molecule has 2 N–H and O–H groups in total. The zero-order chi connectivity index (χ0) is 15.0. The van der Waals surface area contributed by atoms with E-state index in [4.69, 9.17) is 22.7 Å². The Bertz CT molecular complexity index is 403. The standard InChI is InChI=1S/C16H26N2OS/c1-4-18(12-13(2)3)10-5-11-19-15-8-6-14(7-9-15)16(17)20/h6-9,13H,4-5,10-12H2,1-3H3,(H2,17,20). The van der Waals surface area contributed by atoms with E-state index in [0.717, 1.165) is 44.0 Å². The van der Waals surface area contributed by atoms with E-state index in [1.807, 2.05) is 24.3 Å². The summed E-state index contributed by atoms with van der Waals surface area (Å²) in [6, 6.07) is 7.63. The average Bonchev–Trinajstić information content (AvgIpc) is 2.42. The van der Waals surface area contributed by atoms with Gasteiger partial charge in [0.1, 0.15) is 10.7 Å². The van der Waals surface area contributed by atoms with Crippen LogP contribution in [0.15, 0.2) is 24.3 Å². The van der Waals surface area contributed by atoms with Crippen molar-refractivity contribution in [2.24, 2.45) is 11.7 Å². The second-order valence-electron chi connectivity index (χ2n) is 5.38. The summed E-state index contributed by atoms with van der Waals surface area (Å²) < 4.78 is 5.73. The van der Waals surface area contributed by atoms with Gasteiger partial charge < -0.3 is 15.4 Å². The topological polar surface area (TPSA) is 38.5 Å². The van der Waals surface area contributed by atoms with Crippen molar-refractivity contribution in [1.29, 1.82) is 0 Å². The van der Waals surface area contributed by atoms with Gasteiger partial charge in [0.15, 0.2) is 0 Å². The van der Waals surface area contributed by atoms with Crippen molar-refractivity contribution in [2.45, 2.75) is 27.2 Å². The van der Waals surface area contributed by atoms with E-state index in [0.29, 0.717) is 10.9 Å². The van der Waals surface area contributed by atoms with Gasteiger partial charge in [0.05, 0.1) is 6.61 Å². The third kappa shape index (κ3) is 6.35. The van der Waals surface area contributed by atoms with Gasteiger partial charge in [-0.3, -0.25) is 0 Å². The summed E-state index contributed by atoms with van der Waals surface area (Å²) in [6.45, 7) is 10.8. The summed E-state index contributed by atoms with van der Waals surface area (Å²) >= 11 is 4.92. The Hall–Kier alpha value is -1.13. The van der Waals surface area contributed by atoms with Gasteiger partial charge in [-0.1, -0.05) is 33.0 Å². The highest BCUT2D eigenvalue weighted by atomic mass is 32.1.